The molecule has 0 spiro atoms. The highest BCUT2D eigenvalue weighted by Gasteiger charge is 2.25. The second-order valence-corrected chi connectivity index (χ2v) is 8.40. The van der Waals surface area contributed by atoms with Crippen LogP contribution in [0.4, 0.5) is 0 Å². The fraction of sp³-hybridized carbons (Fsp3) is 0.320. The van der Waals surface area contributed by atoms with Crippen molar-refractivity contribution in [2.24, 2.45) is 0 Å². The normalized spacial score (nSPS) is 14.7. The molecule has 3 aromatic rings. The molecule has 30 heavy (non-hydrogen) atoms. The average Bonchev–Trinajstić information content (AvgIpc) is 3.30. The lowest BCUT2D eigenvalue weighted by molar-refractivity contribution is -0.120. The fourth-order valence-electron chi connectivity index (χ4n) is 4.03. The summed E-state index contributed by atoms with van der Waals surface area (Å²) in [4.78, 5) is 15.1. The van der Waals surface area contributed by atoms with Crippen LogP contribution in [0.25, 0.3) is 0 Å². The zero-order chi connectivity index (χ0) is 20.8. The minimum Gasteiger partial charge on any atom is -0.494 e. The van der Waals surface area contributed by atoms with Crippen LogP contribution in [0.1, 0.15) is 35.2 Å². The standard InChI is InChI=1S/C25H28N2O2S/c1-2-29-23-9-7-19(8-10-23)15-25(28)26-16-24(22-12-14-30-18-22)27-13-11-20-5-3-4-6-21(20)17-27/h3-10,12,14,18,24H,2,11,13,15-17H2,1H3,(H,26,28). The number of amides is 1. The molecule has 1 aromatic heterocycles. The molecule has 0 saturated carbocycles. The average molecular weight is 421 g/mol. The van der Waals surface area contributed by atoms with Crippen molar-refractivity contribution in [2.45, 2.75) is 32.4 Å². The Labute approximate surface area is 182 Å². The van der Waals surface area contributed by atoms with E-state index < -0.39 is 0 Å². The van der Waals surface area contributed by atoms with E-state index in [0.717, 1.165) is 30.8 Å². The van der Waals surface area contributed by atoms with Crippen LogP contribution in [-0.4, -0.2) is 30.5 Å². The molecule has 2 heterocycles. The van der Waals surface area contributed by atoms with Crippen LogP contribution in [0.3, 0.4) is 0 Å². The molecular weight excluding hydrogens is 392 g/mol. The molecule has 0 aliphatic carbocycles. The van der Waals surface area contributed by atoms with Crippen molar-refractivity contribution in [1.82, 2.24) is 10.2 Å². The van der Waals surface area contributed by atoms with Gasteiger partial charge in [0.15, 0.2) is 0 Å². The Hall–Kier alpha value is -2.63. The first-order valence-electron chi connectivity index (χ1n) is 10.5. The highest BCUT2D eigenvalue weighted by Crippen LogP contribution is 2.28. The van der Waals surface area contributed by atoms with Crippen molar-refractivity contribution in [3.8, 4) is 5.75 Å². The molecule has 1 N–H and O–H groups in total. The van der Waals surface area contributed by atoms with Crippen LogP contribution in [0, 0.1) is 0 Å². The molecule has 4 rings (SSSR count). The molecule has 1 atom stereocenters. The summed E-state index contributed by atoms with van der Waals surface area (Å²) in [6.45, 7) is 5.16. The van der Waals surface area contributed by atoms with Crippen molar-refractivity contribution in [3.05, 3.63) is 87.6 Å². The molecule has 0 bridgehead atoms. The maximum Gasteiger partial charge on any atom is 0.224 e. The van der Waals surface area contributed by atoms with Gasteiger partial charge in [-0.15, -0.1) is 0 Å². The van der Waals surface area contributed by atoms with Gasteiger partial charge in [0.1, 0.15) is 5.75 Å². The summed E-state index contributed by atoms with van der Waals surface area (Å²) in [5.74, 6) is 0.890. The van der Waals surface area contributed by atoms with Gasteiger partial charge in [-0.2, -0.15) is 11.3 Å². The number of thiophene rings is 1. The minimum atomic E-state index is 0.0526. The second kappa shape index (κ2) is 9.92. The second-order valence-electron chi connectivity index (χ2n) is 7.62. The number of ether oxygens (including phenoxy) is 1. The van der Waals surface area contributed by atoms with E-state index in [1.165, 1.54) is 16.7 Å². The minimum absolute atomic E-state index is 0.0526. The molecule has 156 valence electrons. The SMILES string of the molecule is CCOc1ccc(CC(=O)NCC(c2ccsc2)N2CCc3ccccc3C2)cc1. The van der Waals surface area contributed by atoms with Gasteiger partial charge in [0.25, 0.3) is 0 Å². The van der Waals surface area contributed by atoms with Gasteiger partial charge in [0, 0.05) is 19.6 Å². The Balaban J connectivity index is 1.39. The van der Waals surface area contributed by atoms with E-state index >= 15 is 0 Å². The van der Waals surface area contributed by atoms with Crippen LogP contribution in [0.5, 0.6) is 5.75 Å². The van der Waals surface area contributed by atoms with Crippen LogP contribution in [-0.2, 0) is 24.2 Å². The number of hydrogen-bond acceptors (Lipinski definition) is 4. The first kappa shape index (κ1) is 20.6. The monoisotopic (exact) mass is 420 g/mol. The summed E-state index contributed by atoms with van der Waals surface area (Å²) in [5, 5.41) is 7.48. The number of fused-ring (bicyclic) bond motifs is 1. The Morgan fingerprint density at radius 1 is 1.13 bits per heavy atom. The van der Waals surface area contributed by atoms with Gasteiger partial charge < -0.3 is 10.1 Å². The van der Waals surface area contributed by atoms with Gasteiger partial charge in [-0.25, -0.2) is 0 Å². The lowest BCUT2D eigenvalue weighted by Gasteiger charge is -2.35. The van der Waals surface area contributed by atoms with Crippen molar-refractivity contribution in [2.75, 3.05) is 19.7 Å². The van der Waals surface area contributed by atoms with Crippen molar-refractivity contribution in [3.63, 3.8) is 0 Å². The summed E-state index contributed by atoms with van der Waals surface area (Å²) in [6, 6.07) is 18.8. The molecule has 1 unspecified atom stereocenters. The molecule has 0 radical (unpaired) electrons. The molecule has 0 saturated heterocycles. The smallest absolute Gasteiger partial charge is 0.224 e. The quantitative estimate of drug-likeness (QED) is 0.579. The van der Waals surface area contributed by atoms with Gasteiger partial charge in [-0.05, 0) is 64.6 Å². The van der Waals surface area contributed by atoms with Crippen molar-refractivity contribution in [1.29, 1.82) is 0 Å². The Morgan fingerprint density at radius 2 is 1.93 bits per heavy atom. The Morgan fingerprint density at radius 3 is 2.67 bits per heavy atom. The van der Waals surface area contributed by atoms with Gasteiger partial charge in [0.05, 0.1) is 19.1 Å². The fourth-order valence-corrected chi connectivity index (χ4v) is 4.74. The topological polar surface area (TPSA) is 41.6 Å². The third-order valence-corrected chi connectivity index (χ3v) is 6.32. The third-order valence-electron chi connectivity index (χ3n) is 5.62. The zero-order valence-corrected chi connectivity index (χ0v) is 18.2. The predicted molar refractivity (Wildman–Crippen MR) is 122 cm³/mol. The van der Waals surface area contributed by atoms with Crippen LogP contribution < -0.4 is 10.1 Å². The van der Waals surface area contributed by atoms with E-state index in [0.29, 0.717) is 19.6 Å². The summed E-state index contributed by atoms with van der Waals surface area (Å²) in [5.41, 5.74) is 5.11. The maximum atomic E-state index is 12.6. The number of nitrogens with one attached hydrogen (secondary N) is 1. The molecule has 1 amide bonds. The van der Waals surface area contributed by atoms with Gasteiger partial charge in [-0.3, -0.25) is 9.69 Å². The molecule has 5 heteroatoms. The summed E-state index contributed by atoms with van der Waals surface area (Å²) < 4.78 is 5.47. The number of nitrogens with zero attached hydrogens (tertiary/aromatic N) is 1. The van der Waals surface area contributed by atoms with E-state index in [9.17, 15) is 4.79 Å². The lowest BCUT2D eigenvalue weighted by atomic mass is 9.97. The largest absolute Gasteiger partial charge is 0.494 e. The van der Waals surface area contributed by atoms with Crippen molar-refractivity contribution >= 4 is 17.2 Å². The van der Waals surface area contributed by atoms with E-state index in [2.05, 4.69) is 51.3 Å². The molecular formula is C25H28N2O2S. The maximum absolute atomic E-state index is 12.6. The van der Waals surface area contributed by atoms with Crippen LogP contribution in [0.15, 0.2) is 65.4 Å². The number of carbonyl (C=O) groups is 1. The van der Waals surface area contributed by atoms with E-state index in [1.807, 2.05) is 31.2 Å². The summed E-state index contributed by atoms with van der Waals surface area (Å²) in [7, 11) is 0. The van der Waals surface area contributed by atoms with Gasteiger partial charge >= 0.3 is 0 Å². The van der Waals surface area contributed by atoms with E-state index in [-0.39, 0.29) is 11.9 Å². The predicted octanol–water partition coefficient (Wildman–Crippen LogP) is 4.61. The molecule has 0 fully saturated rings. The van der Waals surface area contributed by atoms with Crippen LogP contribution in [0.2, 0.25) is 0 Å². The van der Waals surface area contributed by atoms with Gasteiger partial charge in [0.2, 0.25) is 5.91 Å². The summed E-state index contributed by atoms with van der Waals surface area (Å²) in [6.07, 6.45) is 1.43. The molecule has 1 aliphatic rings. The first-order valence-corrected chi connectivity index (χ1v) is 11.5. The number of benzene rings is 2. The Bertz CT molecular complexity index is 954. The zero-order valence-electron chi connectivity index (χ0n) is 17.3. The third kappa shape index (κ3) is 5.10. The highest BCUT2D eigenvalue weighted by atomic mass is 32.1. The molecule has 4 nitrogen and oxygen atoms in total. The van der Waals surface area contributed by atoms with E-state index in [1.54, 1.807) is 11.3 Å². The highest BCUT2D eigenvalue weighted by molar-refractivity contribution is 7.07. The number of rotatable bonds is 8. The first-order chi connectivity index (χ1) is 14.7. The van der Waals surface area contributed by atoms with Gasteiger partial charge in [-0.1, -0.05) is 36.4 Å². The Kier molecular flexibility index (Phi) is 6.82. The molecule has 1 aliphatic heterocycles. The van der Waals surface area contributed by atoms with Crippen LogP contribution >= 0.6 is 11.3 Å². The number of carbonyl (C=O) groups excluding carboxylic acids is 1. The molecule has 2 aromatic carbocycles. The summed E-state index contributed by atoms with van der Waals surface area (Å²) >= 11 is 1.71. The van der Waals surface area contributed by atoms with E-state index in [4.69, 9.17) is 4.74 Å². The van der Waals surface area contributed by atoms with Crippen molar-refractivity contribution < 1.29 is 9.53 Å². The lowest BCUT2D eigenvalue weighted by Crippen LogP contribution is -2.40. The number of hydrogen-bond donors (Lipinski definition) is 1.